The summed E-state index contributed by atoms with van der Waals surface area (Å²) in [7, 11) is 0. The number of rotatable bonds is 17. The molecule has 0 N–H and O–H groups in total. The smallest absolute Gasteiger partial charge is 0.338 e. The summed E-state index contributed by atoms with van der Waals surface area (Å²) in [5.41, 5.74) is -0.449. The average molecular weight is 1180 g/mol. The van der Waals surface area contributed by atoms with E-state index in [2.05, 4.69) is 9.97 Å². The van der Waals surface area contributed by atoms with E-state index in [1.54, 1.807) is 163 Å². The fraction of sp³-hybridized carbons (Fsp3) is 0.455. The third kappa shape index (κ3) is 21.0. The van der Waals surface area contributed by atoms with Crippen LogP contribution in [0.1, 0.15) is 221 Å². The van der Waals surface area contributed by atoms with E-state index in [-0.39, 0.29) is 94.0 Å². The van der Waals surface area contributed by atoms with Crippen molar-refractivity contribution in [2.24, 2.45) is 0 Å². The molecule has 0 atom stereocenters. The fourth-order valence-corrected chi connectivity index (χ4v) is 8.02. The van der Waals surface area contributed by atoms with Crippen molar-refractivity contribution in [3.8, 4) is 34.2 Å². The predicted molar refractivity (Wildman–Crippen MR) is 320 cm³/mol. The number of carbonyl (C=O) groups is 6. The summed E-state index contributed by atoms with van der Waals surface area (Å²) in [6, 6.07) is 18.4. The standard InChI is InChI=1S/C66H80N6O14/c1-37-21-39(55(73)81-61(3,4)5)27-49(67-37)51-29-41(57(75)83-63(9,10)11)23-45(69-51)33-79-35-47-25-43(59(77)85-65(15,16)17)31-53(71-47)54-32-44(60(78)86-66(18,19)20)26-48(72-54)36-80-34-46-24-42(58(76)84-64(12,13)14)30-52(70-46)50-28-40(22-38(2)68-50)56(74)82-62(6,7)8/h21-32H,33-36H2,1-20H3. The SMILES string of the molecule is Cc1cc(C(=O)OC(C)(C)C)cc(-c2cc(C(=O)OC(C)(C)C)cc(COCc3cc(C(=O)OC(C)(C)C)cc(-c4cc(C(=O)OC(C)(C)C)cc(COCc5cc(C(=O)OC(C)(C)C)cc(-c6cc(C(=O)OC(C)(C)C)cc(C)n6)n5)n4)n3)n2)n1. The summed E-state index contributed by atoms with van der Waals surface area (Å²) in [6.45, 7) is 34.2. The molecule has 0 saturated heterocycles. The first-order valence-electron chi connectivity index (χ1n) is 28.1. The van der Waals surface area contributed by atoms with Gasteiger partial charge in [0.05, 0.1) is 117 Å². The molecular weight excluding hydrogens is 1100 g/mol. The molecule has 0 unspecified atom stereocenters. The molecule has 0 amide bonds. The zero-order valence-electron chi connectivity index (χ0n) is 53.2. The van der Waals surface area contributed by atoms with Crippen molar-refractivity contribution in [2.75, 3.05) is 0 Å². The molecule has 0 aromatic carbocycles. The van der Waals surface area contributed by atoms with Gasteiger partial charge in [-0.25, -0.2) is 48.7 Å². The van der Waals surface area contributed by atoms with Gasteiger partial charge in [0.1, 0.15) is 33.6 Å². The summed E-state index contributed by atoms with van der Waals surface area (Å²) in [4.78, 5) is 110. The minimum Gasteiger partial charge on any atom is -0.456 e. The van der Waals surface area contributed by atoms with E-state index in [0.29, 0.717) is 34.2 Å². The first kappa shape index (κ1) is 66.8. The molecule has 0 aliphatic carbocycles. The van der Waals surface area contributed by atoms with Crippen LogP contribution in [-0.4, -0.2) is 99.3 Å². The lowest BCUT2D eigenvalue weighted by atomic mass is 10.1. The van der Waals surface area contributed by atoms with Gasteiger partial charge in [-0.05, 0) is 211 Å². The zero-order valence-corrected chi connectivity index (χ0v) is 53.2. The van der Waals surface area contributed by atoms with E-state index in [0.717, 1.165) is 0 Å². The largest absolute Gasteiger partial charge is 0.456 e. The highest BCUT2D eigenvalue weighted by atomic mass is 16.6. The minimum absolute atomic E-state index is 0.0949. The zero-order chi connectivity index (χ0) is 64.1. The Balaban J connectivity index is 1.38. The number of carbonyl (C=O) groups excluding carboxylic acids is 6. The highest BCUT2D eigenvalue weighted by molar-refractivity contribution is 5.95. The normalized spacial score (nSPS) is 12.3. The van der Waals surface area contributed by atoms with Crippen LogP contribution >= 0.6 is 0 Å². The third-order valence-corrected chi connectivity index (χ3v) is 11.0. The van der Waals surface area contributed by atoms with Crippen LogP contribution in [0.15, 0.2) is 72.8 Å². The monoisotopic (exact) mass is 1180 g/mol. The number of hydrogen-bond donors (Lipinski definition) is 0. The van der Waals surface area contributed by atoms with Gasteiger partial charge in [-0.1, -0.05) is 0 Å². The average Bonchev–Trinajstić information content (AvgIpc) is 1.10. The van der Waals surface area contributed by atoms with Crippen LogP contribution in [-0.2, 0) is 64.3 Å². The molecule has 0 aliphatic rings. The van der Waals surface area contributed by atoms with Crippen molar-refractivity contribution in [1.82, 2.24) is 29.9 Å². The van der Waals surface area contributed by atoms with Crippen LogP contribution in [0, 0.1) is 13.8 Å². The molecule has 0 spiro atoms. The van der Waals surface area contributed by atoms with Crippen molar-refractivity contribution in [3.05, 3.63) is 140 Å². The first-order chi connectivity index (χ1) is 39.5. The van der Waals surface area contributed by atoms with Gasteiger partial charge >= 0.3 is 35.8 Å². The Bertz CT molecular complexity index is 3320. The minimum atomic E-state index is -0.888. The molecule has 20 heteroatoms. The second-order valence-electron chi connectivity index (χ2n) is 26.7. The van der Waals surface area contributed by atoms with Crippen LogP contribution < -0.4 is 0 Å². The third-order valence-electron chi connectivity index (χ3n) is 11.0. The molecule has 6 aromatic rings. The van der Waals surface area contributed by atoms with Crippen LogP contribution in [0.2, 0.25) is 0 Å². The maximum Gasteiger partial charge on any atom is 0.338 e. The number of nitrogens with zero attached hydrogens (tertiary/aromatic N) is 6. The van der Waals surface area contributed by atoms with Crippen molar-refractivity contribution < 1.29 is 66.7 Å². The van der Waals surface area contributed by atoms with E-state index in [1.165, 1.54) is 48.5 Å². The number of ether oxygens (including phenoxy) is 8. The summed E-state index contributed by atoms with van der Waals surface area (Å²) in [6.07, 6.45) is 0. The van der Waals surface area contributed by atoms with Gasteiger partial charge in [0.2, 0.25) is 0 Å². The molecule has 6 heterocycles. The fourth-order valence-electron chi connectivity index (χ4n) is 8.02. The second-order valence-corrected chi connectivity index (χ2v) is 26.7. The first-order valence-corrected chi connectivity index (χ1v) is 28.1. The number of aromatic nitrogens is 6. The topological polar surface area (TPSA) is 254 Å². The van der Waals surface area contributed by atoms with Gasteiger partial charge in [0, 0.05) is 11.4 Å². The molecule has 0 saturated carbocycles. The molecule has 0 aliphatic heterocycles. The van der Waals surface area contributed by atoms with E-state index in [9.17, 15) is 28.8 Å². The molecular formula is C66H80N6O14. The highest BCUT2D eigenvalue weighted by Crippen LogP contribution is 2.29. The molecule has 6 rings (SSSR count). The van der Waals surface area contributed by atoms with Crippen LogP contribution in [0.4, 0.5) is 0 Å². The van der Waals surface area contributed by atoms with E-state index >= 15 is 0 Å². The molecule has 0 radical (unpaired) electrons. The Hall–Kier alpha value is -8.36. The summed E-state index contributed by atoms with van der Waals surface area (Å²) >= 11 is 0. The van der Waals surface area contributed by atoms with Gasteiger partial charge < -0.3 is 37.9 Å². The maximum absolute atomic E-state index is 13.9. The lowest BCUT2D eigenvalue weighted by molar-refractivity contribution is 0.00559. The quantitative estimate of drug-likeness (QED) is 0.0607. The Morgan fingerprint density at radius 3 is 0.605 bits per heavy atom. The number of esters is 6. The summed E-state index contributed by atoms with van der Waals surface area (Å²) in [5.74, 6) is -3.73. The van der Waals surface area contributed by atoms with E-state index in [4.69, 9.17) is 57.8 Å². The van der Waals surface area contributed by atoms with Crippen LogP contribution in [0.25, 0.3) is 34.2 Å². The lowest BCUT2D eigenvalue weighted by Crippen LogP contribution is -2.24. The highest BCUT2D eigenvalue weighted by Gasteiger charge is 2.27. The van der Waals surface area contributed by atoms with Crippen LogP contribution in [0.5, 0.6) is 0 Å². The Morgan fingerprint density at radius 1 is 0.267 bits per heavy atom. The van der Waals surface area contributed by atoms with E-state index < -0.39 is 69.4 Å². The molecule has 20 nitrogen and oxygen atoms in total. The molecule has 86 heavy (non-hydrogen) atoms. The maximum atomic E-state index is 13.9. The van der Waals surface area contributed by atoms with Crippen molar-refractivity contribution in [3.63, 3.8) is 0 Å². The Kier molecular flexibility index (Phi) is 20.3. The van der Waals surface area contributed by atoms with E-state index in [1.807, 2.05) is 0 Å². The van der Waals surface area contributed by atoms with Gasteiger partial charge in [0.15, 0.2) is 0 Å². The van der Waals surface area contributed by atoms with Crippen molar-refractivity contribution in [1.29, 1.82) is 0 Å². The Morgan fingerprint density at radius 2 is 0.430 bits per heavy atom. The number of hydrogen-bond acceptors (Lipinski definition) is 20. The number of pyridine rings is 6. The van der Waals surface area contributed by atoms with Gasteiger partial charge in [0.25, 0.3) is 0 Å². The van der Waals surface area contributed by atoms with Crippen LogP contribution in [0.3, 0.4) is 0 Å². The lowest BCUT2D eigenvalue weighted by Gasteiger charge is -2.21. The molecule has 458 valence electrons. The second kappa shape index (κ2) is 26.1. The van der Waals surface area contributed by atoms with Gasteiger partial charge in [-0.3, -0.25) is 9.97 Å². The summed E-state index contributed by atoms with van der Waals surface area (Å²) in [5, 5.41) is 0. The number of aryl methyl sites for hydroxylation is 2. The van der Waals surface area contributed by atoms with Gasteiger partial charge in [-0.2, -0.15) is 0 Å². The molecule has 0 fully saturated rings. The Labute approximate surface area is 503 Å². The van der Waals surface area contributed by atoms with Crippen molar-refractivity contribution in [2.45, 2.75) is 199 Å². The summed E-state index contributed by atoms with van der Waals surface area (Å²) < 4.78 is 46.9. The van der Waals surface area contributed by atoms with Gasteiger partial charge in [-0.15, -0.1) is 0 Å². The van der Waals surface area contributed by atoms with Crippen molar-refractivity contribution >= 4 is 35.8 Å². The molecule has 0 bridgehead atoms. The molecule has 6 aromatic heterocycles. The predicted octanol–water partition coefficient (Wildman–Crippen LogP) is 12.8.